The van der Waals surface area contributed by atoms with Crippen LogP contribution in [0.4, 0.5) is 4.79 Å². The molecule has 0 heterocycles. The number of carbonyl (C=O) groups is 2. The van der Waals surface area contributed by atoms with Crippen LogP contribution in [0, 0.1) is 0 Å². The number of rotatable bonds is 4. The normalized spacial score (nSPS) is 15.8. The molecule has 1 aliphatic carbocycles. The second-order valence-corrected chi connectivity index (χ2v) is 4.35. The molecule has 5 nitrogen and oxygen atoms in total. The van der Waals surface area contributed by atoms with Crippen molar-refractivity contribution in [2.45, 2.75) is 24.9 Å². The summed E-state index contributed by atoms with van der Waals surface area (Å²) in [6.07, 6.45) is 2.16. The number of benzene rings is 1. The molecule has 1 aliphatic rings. The standard InChI is InChI=1S/C13H17N3O2/c1-14-13(18)16-12(17)11(15-10-7-8-10)9-5-3-2-4-6-9/h2-6,10-11,15H,7-8H2,1H3,(H2,14,16,17,18)/t11-/m1/s1. The van der Waals surface area contributed by atoms with Crippen LogP contribution in [0.3, 0.4) is 0 Å². The third kappa shape index (κ3) is 3.30. The molecule has 3 amide bonds. The highest BCUT2D eigenvalue weighted by molar-refractivity contribution is 5.97. The van der Waals surface area contributed by atoms with Gasteiger partial charge in [0, 0.05) is 13.1 Å². The minimum atomic E-state index is -0.487. The van der Waals surface area contributed by atoms with Crippen LogP contribution in [0.2, 0.25) is 0 Å². The van der Waals surface area contributed by atoms with Gasteiger partial charge in [-0.2, -0.15) is 0 Å². The zero-order valence-electron chi connectivity index (χ0n) is 10.3. The maximum atomic E-state index is 12.0. The van der Waals surface area contributed by atoms with Crippen LogP contribution in [0.5, 0.6) is 0 Å². The van der Waals surface area contributed by atoms with Gasteiger partial charge in [-0.3, -0.25) is 15.4 Å². The van der Waals surface area contributed by atoms with Crippen molar-refractivity contribution in [1.82, 2.24) is 16.0 Å². The van der Waals surface area contributed by atoms with Crippen molar-refractivity contribution in [2.24, 2.45) is 0 Å². The van der Waals surface area contributed by atoms with E-state index in [-0.39, 0.29) is 5.91 Å². The monoisotopic (exact) mass is 247 g/mol. The second kappa shape index (κ2) is 5.64. The van der Waals surface area contributed by atoms with Crippen LogP contribution in [0.1, 0.15) is 24.4 Å². The molecule has 0 saturated heterocycles. The maximum Gasteiger partial charge on any atom is 0.321 e. The first-order valence-electron chi connectivity index (χ1n) is 6.04. The molecule has 96 valence electrons. The Hall–Kier alpha value is -1.88. The largest absolute Gasteiger partial charge is 0.341 e. The third-order valence-electron chi connectivity index (χ3n) is 2.84. The van der Waals surface area contributed by atoms with Crippen molar-refractivity contribution in [3.05, 3.63) is 35.9 Å². The Morgan fingerprint density at radius 3 is 2.44 bits per heavy atom. The van der Waals surface area contributed by atoms with Crippen molar-refractivity contribution in [1.29, 1.82) is 0 Å². The summed E-state index contributed by atoms with van der Waals surface area (Å²) in [5.41, 5.74) is 0.866. The van der Waals surface area contributed by atoms with Crippen LogP contribution in [-0.4, -0.2) is 25.0 Å². The van der Waals surface area contributed by atoms with E-state index in [0.717, 1.165) is 18.4 Å². The lowest BCUT2D eigenvalue weighted by Gasteiger charge is -2.17. The summed E-state index contributed by atoms with van der Waals surface area (Å²) in [4.78, 5) is 23.2. The van der Waals surface area contributed by atoms with E-state index in [1.54, 1.807) is 0 Å². The predicted molar refractivity (Wildman–Crippen MR) is 67.9 cm³/mol. The Morgan fingerprint density at radius 2 is 1.89 bits per heavy atom. The summed E-state index contributed by atoms with van der Waals surface area (Å²) in [5, 5.41) is 7.93. The van der Waals surface area contributed by atoms with E-state index in [4.69, 9.17) is 0 Å². The molecular formula is C13H17N3O2. The van der Waals surface area contributed by atoms with Gasteiger partial charge in [0.2, 0.25) is 5.91 Å². The van der Waals surface area contributed by atoms with Crippen molar-refractivity contribution in [3.63, 3.8) is 0 Å². The molecule has 0 radical (unpaired) electrons. The Balaban J connectivity index is 2.09. The Kier molecular flexibility index (Phi) is 3.94. The molecule has 0 unspecified atom stereocenters. The molecule has 0 aromatic heterocycles. The van der Waals surface area contributed by atoms with Crippen molar-refractivity contribution >= 4 is 11.9 Å². The summed E-state index contributed by atoms with van der Waals surface area (Å²) in [6, 6.07) is 8.83. The second-order valence-electron chi connectivity index (χ2n) is 4.35. The molecule has 5 heteroatoms. The van der Waals surface area contributed by atoms with Gasteiger partial charge in [0.25, 0.3) is 0 Å². The number of urea groups is 1. The highest BCUT2D eigenvalue weighted by atomic mass is 16.2. The fourth-order valence-corrected chi connectivity index (χ4v) is 1.70. The number of imide groups is 1. The van der Waals surface area contributed by atoms with E-state index in [1.807, 2.05) is 30.3 Å². The molecule has 0 spiro atoms. The maximum absolute atomic E-state index is 12.0. The van der Waals surface area contributed by atoms with Crippen molar-refractivity contribution in [3.8, 4) is 0 Å². The van der Waals surface area contributed by atoms with E-state index in [2.05, 4.69) is 16.0 Å². The SMILES string of the molecule is CNC(=O)NC(=O)[C@H](NC1CC1)c1ccccc1. The fraction of sp³-hybridized carbons (Fsp3) is 0.385. The first-order chi connectivity index (χ1) is 8.70. The summed E-state index contributed by atoms with van der Waals surface area (Å²) in [6.45, 7) is 0. The molecular weight excluding hydrogens is 230 g/mol. The first kappa shape index (κ1) is 12.6. The van der Waals surface area contributed by atoms with Gasteiger partial charge in [-0.1, -0.05) is 30.3 Å². The van der Waals surface area contributed by atoms with Gasteiger partial charge in [-0.25, -0.2) is 4.79 Å². The molecule has 1 aromatic carbocycles. The zero-order valence-corrected chi connectivity index (χ0v) is 10.3. The molecule has 2 rings (SSSR count). The summed E-state index contributed by atoms with van der Waals surface area (Å²) in [5.74, 6) is -0.326. The van der Waals surface area contributed by atoms with E-state index in [9.17, 15) is 9.59 Å². The van der Waals surface area contributed by atoms with Gasteiger partial charge < -0.3 is 5.32 Å². The minimum absolute atomic E-state index is 0.326. The van der Waals surface area contributed by atoms with Crippen molar-refractivity contribution in [2.75, 3.05) is 7.05 Å². The Labute approximate surface area is 106 Å². The van der Waals surface area contributed by atoms with Gasteiger partial charge in [-0.15, -0.1) is 0 Å². The number of amides is 3. The van der Waals surface area contributed by atoms with Gasteiger partial charge >= 0.3 is 6.03 Å². The third-order valence-corrected chi connectivity index (χ3v) is 2.84. The van der Waals surface area contributed by atoms with Crippen LogP contribution in [0.15, 0.2) is 30.3 Å². The van der Waals surface area contributed by atoms with Crippen LogP contribution >= 0.6 is 0 Å². The predicted octanol–water partition coefficient (Wildman–Crippen LogP) is 0.935. The van der Waals surface area contributed by atoms with Crippen LogP contribution < -0.4 is 16.0 Å². The van der Waals surface area contributed by atoms with Gasteiger partial charge in [0.1, 0.15) is 6.04 Å². The van der Waals surface area contributed by atoms with E-state index in [1.165, 1.54) is 7.05 Å². The average molecular weight is 247 g/mol. The van der Waals surface area contributed by atoms with E-state index in [0.29, 0.717) is 6.04 Å². The smallest absolute Gasteiger partial charge is 0.321 e. The summed E-state index contributed by atoms with van der Waals surface area (Å²) >= 11 is 0. The lowest BCUT2D eigenvalue weighted by atomic mass is 10.1. The summed E-state index contributed by atoms with van der Waals surface area (Å²) in [7, 11) is 1.48. The van der Waals surface area contributed by atoms with Crippen molar-refractivity contribution < 1.29 is 9.59 Å². The highest BCUT2D eigenvalue weighted by Gasteiger charge is 2.29. The number of nitrogens with one attached hydrogen (secondary N) is 3. The Morgan fingerprint density at radius 1 is 1.22 bits per heavy atom. The molecule has 1 saturated carbocycles. The van der Waals surface area contributed by atoms with Gasteiger partial charge in [0.05, 0.1) is 0 Å². The highest BCUT2D eigenvalue weighted by Crippen LogP contribution is 2.24. The van der Waals surface area contributed by atoms with E-state index >= 15 is 0 Å². The molecule has 18 heavy (non-hydrogen) atoms. The molecule has 0 bridgehead atoms. The lowest BCUT2D eigenvalue weighted by molar-refractivity contribution is -0.122. The zero-order chi connectivity index (χ0) is 13.0. The molecule has 3 N–H and O–H groups in total. The first-order valence-corrected chi connectivity index (χ1v) is 6.04. The van der Waals surface area contributed by atoms with Crippen LogP contribution in [-0.2, 0) is 4.79 Å². The number of hydrogen-bond acceptors (Lipinski definition) is 3. The molecule has 0 aliphatic heterocycles. The number of carbonyl (C=O) groups excluding carboxylic acids is 2. The molecule has 1 fully saturated rings. The van der Waals surface area contributed by atoms with Crippen LogP contribution in [0.25, 0.3) is 0 Å². The lowest BCUT2D eigenvalue weighted by Crippen LogP contribution is -2.44. The molecule has 1 atom stereocenters. The fourth-order valence-electron chi connectivity index (χ4n) is 1.70. The van der Waals surface area contributed by atoms with E-state index < -0.39 is 12.1 Å². The average Bonchev–Trinajstić information content (AvgIpc) is 3.20. The number of hydrogen-bond donors (Lipinski definition) is 3. The summed E-state index contributed by atoms with van der Waals surface area (Å²) < 4.78 is 0. The van der Waals surface area contributed by atoms with Gasteiger partial charge in [0.15, 0.2) is 0 Å². The quantitative estimate of drug-likeness (QED) is 0.741. The molecule has 1 aromatic rings. The topological polar surface area (TPSA) is 70.2 Å². The Bertz CT molecular complexity index is 429. The minimum Gasteiger partial charge on any atom is -0.341 e. The van der Waals surface area contributed by atoms with Gasteiger partial charge in [-0.05, 0) is 18.4 Å².